The molecule has 3 N–H and O–H groups in total. The molecule has 0 saturated carbocycles. The van der Waals surface area contributed by atoms with Crippen molar-refractivity contribution in [2.24, 2.45) is 5.73 Å². The largest absolute Gasteiger partial charge is 0.490 e. The van der Waals surface area contributed by atoms with E-state index in [1.165, 1.54) is 12.3 Å². The zero-order chi connectivity index (χ0) is 29.1. The summed E-state index contributed by atoms with van der Waals surface area (Å²) >= 11 is 0. The van der Waals surface area contributed by atoms with Crippen molar-refractivity contribution in [3.05, 3.63) is 70.3 Å². The molecule has 1 aromatic carbocycles. The number of amides is 1. The van der Waals surface area contributed by atoms with E-state index in [4.69, 9.17) is 15.6 Å². The first-order valence-corrected chi connectivity index (χ1v) is 11.0. The highest BCUT2D eigenvalue weighted by atomic mass is 19.4. The van der Waals surface area contributed by atoms with Crippen LogP contribution in [0.3, 0.4) is 0 Å². The van der Waals surface area contributed by atoms with E-state index in [9.17, 15) is 35.9 Å². The lowest BCUT2D eigenvalue weighted by Crippen LogP contribution is -2.30. The molecule has 0 radical (unpaired) electrons. The Balaban J connectivity index is 0.000000532. The lowest BCUT2D eigenvalue weighted by atomic mass is 9.97. The monoisotopic (exact) mass is 558 g/mol. The molecule has 39 heavy (non-hydrogen) atoms. The number of aryl methyl sites for hydroxylation is 1. The van der Waals surface area contributed by atoms with E-state index in [2.05, 4.69) is 10.1 Å². The Hall–Kier alpha value is -4.47. The van der Waals surface area contributed by atoms with E-state index in [1.807, 2.05) is 6.07 Å². The quantitative estimate of drug-likeness (QED) is 0.460. The molecule has 3 heterocycles. The van der Waals surface area contributed by atoms with Crippen LogP contribution in [0.25, 0.3) is 16.9 Å². The zero-order valence-corrected chi connectivity index (χ0v) is 20.0. The number of carboxylic acid groups (broad SMARTS) is 1. The number of hydrogen-bond acceptors (Lipinski definition) is 6. The zero-order valence-electron chi connectivity index (χ0n) is 20.0. The Morgan fingerprint density at radius 2 is 1.79 bits per heavy atom. The summed E-state index contributed by atoms with van der Waals surface area (Å²) in [6, 6.07) is 6.68. The fraction of sp³-hybridized carbons (Fsp3) is 0.261. The molecule has 0 spiro atoms. The number of anilines is 1. The Bertz CT molecular complexity index is 1490. The van der Waals surface area contributed by atoms with Gasteiger partial charge in [0.05, 0.1) is 6.54 Å². The molecule has 4 rings (SSSR count). The molecule has 10 nitrogen and oxygen atoms in total. The average molecular weight is 558 g/mol. The molecule has 0 saturated heterocycles. The molecule has 16 heteroatoms. The molecule has 0 bridgehead atoms. The minimum absolute atomic E-state index is 0.0385. The van der Waals surface area contributed by atoms with Crippen molar-refractivity contribution in [3.8, 4) is 16.9 Å². The van der Waals surface area contributed by atoms with Crippen LogP contribution in [0.2, 0.25) is 0 Å². The third kappa shape index (κ3) is 6.51. The molecular weight excluding hydrogens is 538 g/mol. The molecule has 208 valence electrons. The van der Waals surface area contributed by atoms with Crippen molar-refractivity contribution in [2.75, 3.05) is 18.5 Å². The van der Waals surface area contributed by atoms with Crippen LogP contribution in [0.4, 0.5) is 32.0 Å². The normalized spacial score (nSPS) is 12.9. The van der Waals surface area contributed by atoms with Crippen LogP contribution in [0.5, 0.6) is 0 Å². The number of nitrogens with zero attached hydrogens (tertiary/aromatic N) is 5. The van der Waals surface area contributed by atoms with Crippen molar-refractivity contribution in [3.63, 3.8) is 0 Å². The maximum Gasteiger partial charge on any atom is 0.490 e. The Morgan fingerprint density at radius 1 is 1.13 bits per heavy atom. The second kappa shape index (κ2) is 11.5. The van der Waals surface area contributed by atoms with Crippen molar-refractivity contribution in [1.82, 2.24) is 19.3 Å². The Kier molecular flexibility index (Phi) is 8.58. The van der Waals surface area contributed by atoms with Gasteiger partial charge in [0.25, 0.3) is 6.08 Å². The first-order chi connectivity index (χ1) is 18.2. The van der Waals surface area contributed by atoms with E-state index in [0.717, 1.165) is 26.8 Å². The van der Waals surface area contributed by atoms with Crippen molar-refractivity contribution >= 4 is 17.6 Å². The van der Waals surface area contributed by atoms with E-state index < -0.39 is 48.4 Å². The number of rotatable bonds is 5. The van der Waals surface area contributed by atoms with Crippen molar-refractivity contribution in [2.45, 2.75) is 25.6 Å². The first kappa shape index (κ1) is 29.1. The number of carbonyl (C=O) groups excluding carboxylic acids is 1. The van der Waals surface area contributed by atoms with E-state index in [-0.39, 0.29) is 11.7 Å². The third-order valence-electron chi connectivity index (χ3n) is 5.64. The van der Waals surface area contributed by atoms with Crippen LogP contribution < -0.4 is 16.3 Å². The number of fused-ring (bicyclic) bond motifs is 1. The number of pyridine rings is 1. The van der Waals surface area contributed by atoms with Crippen molar-refractivity contribution in [1.29, 1.82) is 0 Å². The highest BCUT2D eigenvalue weighted by Crippen LogP contribution is 2.31. The van der Waals surface area contributed by atoms with E-state index in [0.29, 0.717) is 24.0 Å². The molecular formula is C23H20F6N6O4. The van der Waals surface area contributed by atoms with Crippen LogP contribution in [-0.2, 0) is 22.6 Å². The summed E-state index contributed by atoms with van der Waals surface area (Å²) < 4.78 is 73.8. The van der Waals surface area contributed by atoms with Gasteiger partial charge in [0, 0.05) is 43.0 Å². The third-order valence-corrected chi connectivity index (χ3v) is 5.64. The predicted octanol–water partition coefficient (Wildman–Crippen LogP) is 2.89. The summed E-state index contributed by atoms with van der Waals surface area (Å²) in [5, 5.41) is 10.9. The summed E-state index contributed by atoms with van der Waals surface area (Å²) in [7, 11) is 1.71. The van der Waals surface area contributed by atoms with Crippen LogP contribution in [0.15, 0.2) is 53.2 Å². The molecule has 1 aliphatic rings. The molecule has 0 unspecified atom stereocenters. The molecule has 1 amide bonds. The number of hydrogen-bond donors (Lipinski definition) is 2. The highest BCUT2D eigenvalue weighted by molar-refractivity contribution is 5.96. The SMILES string of the molecule is CN1C(=O)CCc2cc(-c3cnc(-n4cnn(CC(CN)=C(F)F)c4=O)c(F)c3)ccc21.O=C(O)C(F)(F)F. The summed E-state index contributed by atoms with van der Waals surface area (Å²) in [5.74, 6) is -3.79. The summed E-state index contributed by atoms with van der Waals surface area (Å²) in [6.07, 6.45) is -3.65. The lowest BCUT2D eigenvalue weighted by Gasteiger charge is -2.26. The standard InChI is InChI=1S/C21H19F3N6O2.C2HF3O2/c1-28-17-4-2-12(6-13(17)3-5-18(28)31)14-7-16(22)20(26-9-14)29-11-27-30(21(29)32)10-15(8-25)19(23)24;3-2(4,5)1(6)7/h2,4,6-7,9,11H,3,5,8,10,25H2,1H3;(H,6,7). The van der Waals surface area contributed by atoms with Gasteiger partial charge in [-0.3, -0.25) is 4.79 Å². The van der Waals surface area contributed by atoms with E-state index in [1.54, 1.807) is 24.1 Å². The summed E-state index contributed by atoms with van der Waals surface area (Å²) in [6.45, 7) is -0.940. The maximum atomic E-state index is 14.9. The van der Waals surface area contributed by atoms with Gasteiger partial charge in [0.15, 0.2) is 11.6 Å². The van der Waals surface area contributed by atoms with Crippen LogP contribution in [-0.4, -0.2) is 56.1 Å². The number of carboxylic acids is 1. The first-order valence-electron chi connectivity index (χ1n) is 11.0. The van der Waals surface area contributed by atoms with Crippen LogP contribution >= 0.6 is 0 Å². The molecule has 0 fully saturated rings. The van der Waals surface area contributed by atoms with Crippen molar-refractivity contribution < 1.29 is 41.0 Å². The van der Waals surface area contributed by atoms with E-state index >= 15 is 0 Å². The van der Waals surface area contributed by atoms with Gasteiger partial charge >= 0.3 is 17.8 Å². The van der Waals surface area contributed by atoms with Gasteiger partial charge in [-0.15, -0.1) is 0 Å². The number of aromatic nitrogens is 4. The van der Waals surface area contributed by atoms with Crippen LogP contribution in [0.1, 0.15) is 12.0 Å². The van der Waals surface area contributed by atoms with Gasteiger partial charge in [-0.1, -0.05) is 6.07 Å². The number of alkyl halides is 3. The fourth-order valence-corrected chi connectivity index (χ4v) is 3.58. The minimum atomic E-state index is -5.08. The Labute approximate surface area is 215 Å². The minimum Gasteiger partial charge on any atom is -0.475 e. The smallest absolute Gasteiger partial charge is 0.475 e. The summed E-state index contributed by atoms with van der Waals surface area (Å²) in [5.41, 5.74) is 6.98. The second-order valence-corrected chi connectivity index (χ2v) is 8.14. The number of aliphatic carboxylic acids is 1. The van der Waals surface area contributed by atoms with Gasteiger partial charge < -0.3 is 15.7 Å². The number of halogens is 6. The molecule has 2 aromatic heterocycles. The molecule has 3 aromatic rings. The lowest BCUT2D eigenvalue weighted by molar-refractivity contribution is -0.192. The van der Waals surface area contributed by atoms with Gasteiger partial charge in [-0.05, 0) is 35.7 Å². The van der Waals surface area contributed by atoms with Gasteiger partial charge in [0.2, 0.25) is 5.91 Å². The van der Waals surface area contributed by atoms with Gasteiger partial charge in [0.1, 0.15) is 6.33 Å². The molecule has 1 aliphatic heterocycles. The average Bonchev–Trinajstić information content (AvgIpc) is 3.23. The number of nitrogens with two attached hydrogens (primary N) is 1. The predicted molar refractivity (Wildman–Crippen MR) is 125 cm³/mol. The van der Waals surface area contributed by atoms with Crippen LogP contribution in [0, 0.1) is 5.82 Å². The molecule has 0 atom stereocenters. The Morgan fingerprint density at radius 3 is 2.36 bits per heavy atom. The maximum absolute atomic E-state index is 14.9. The number of carbonyl (C=O) groups is 2. The summed E-state index contributed by atoms with van der Waals surface area (Å²) in [4.78, 5) is 38.9. The van der Waals surface area contributed by atoms with Gasteiger partial charge in [-0.25, -0.2) is 28.2 Å². The topological polar surface area (TPSA) is 136 Å². The highest BCUT2D eigenvalue weighted by Gasteiger charge is 2.38. The van der Waals surface area contributed by atoms with Gasteiger partial charge in [-0.2, -0.15) is 27.1 Å². The fourth-order valence-electron chi connectivity index (χ4n) is 3.58. The molecule has 0 aliphatic carbocycles. The number of benzene rings is 1. The second-order valence-electron chi connectivity index (χ2n) is 8.14.